The van der Waals surface area contributed by atoms with Crippen LogP contribution in [0.4, 0.5) is 0 Å². The Morgan fingerprint density at radius 3 is 2.88 bits per heavy atom. The van der Waals surface area contributed by atoms with Gasteiger partial charge in [0.05, 0.1) is 18.2 Å². The van der Waals surface area contributed by atoms with E-state index < -0.39 is 0 Å². The van der Waals surface area contributed by atoms with Crippen LogP contribution in [-0.4, -0.2) is 12.9 Å². The highest BCUT2D eigenvalue weighted by molar-refractivity contribution is 9.10. The maximum atomic E-state index is 11.0. The number of hydrogen-bond donors (Lipinski definition) is 0. The summed E-state index contributed by atoms with van der Waals surface area (Å²) in [5.74, 6) is 0.592. The van der Waals surface area contributed by atoms with Gasteiger partial charge < -0.3 is 4.74 Å². The Morgan fingerprint density at radius 2 is 2.24 bits per heavy atom. The zero-order valence-electron chi connectivity index (χ0n) is 9.70. The van der Waals surface area contributed by atoms with E-state index in [2.05, 4.69) is 22.0 Å². The molecule has 0 radical (unpaired) electrons. The fraction of sp³-hybridized carbons (Fsp3) is 0.385. The number of carbonyl (C=O) groups is 1. The summed E-state index contributed by atoms with van der Waals surface area (Å²) in [5, 5.41) is 8.39. The van der Waals surface area contributed by atoms with Crippen molar-refractivity contribution < 1.29 is 9.53 Å². The minimum absolute atomic E-state index is 0.526. The van der Waals surface area contributed by atoms with Crippen molar-refractivity contribution in [3.63, 3.8) is 0 Å². The molecule has 0 aliphatic carbocycles. The SMILES string of the molecule is Cc1ccc(OCCCCC#N)c(C=O)c1Br. The first kappa shape index (κ1) is 13.7. The molecule has 0 fully saturated rings. The van der Waals surface area contributed by atoms with Crippen LogP contribution in [0, 0.1) is 18.3 Å². The van der Waals surface area contributed by atoms with Crippen LogP contribution in [0.25, 0.3) is 0 Å². The molecule has 0 heterocycles. The molecular formula is C13H14BrNO2. The first-order valence-electron chi connectivity index (χ1n) is 5.44. The number of ether oxygens (including phenoxy) is 1. The van der Waals surface area contributed by atoms with Gasteiger partial charge in [0.15, 0.2) is 6.29 Å². The molecule has 1 aromatic rings. The van der Waals surface area contributed by atoms with Crippen LogP contribution in [0.5, 0.6) is 5.75 Å². The fourth-order valence-electron chi connectivity index (χ4n) is 1.41. The summed E-state index contributed by atoms with van der Waals surface area (Å²) >= 11 is 3.37. The number of aryl methyl sites for hydroxylation is 1. The zero-order chi connectivity index (χ0) is 12.7. The van der Waals surface area contributed by atoms with Crippen molar-refractivity contribution in [1.82, 2.24) is 0 Å². The summed E-state index contributed by atoms with van der Waals surface area (Å²) in [6.07, 6.45) is 2.97. The Kier molecular flexibility index (Phi) is 5.71. The van der Waals surface area contributed by atoms with E-state index in [4.69, 9.17) is 10.00 Å². The number of aldehydes is 1. The Balaban J connectivity index is 2.62. The maximum absolute atomic E-state index is 11.0. The van der Waals surface area contributed by atoms with E-state index in [1.807, 2.05) is 13.0 Å². The average Bonchev–Trinajstić information content (AvgIpc) is 2.33. The molecule has 0 bridgehead atoms. The van der Waals surface area contributed by atoms with Gasteiger partial charge in [-0.05, 0) is 47.3 Å². The van der Waals surface area contributed by atoms with E-state index in [9.17, 15) is 4.79 Å². The number of rotatable bonds is 6. The van der Waals surface area contributed by atoms with E-state index in [0.717, 1.165) is 29.2 Å². The fourth-order valence-corrected chi connectivity index (χ4v) is 1.83. The van der Waals surface area contributed by atoms with Gasteiger partial charge in [-0.2, -0.15) is 5.26 Å². The van der Waals surface area contributed by atoms with Crippen LogP contribution in [0.3, 0.4) is 0 Å². The number of nitrogens with zero attached hydrogens (tertiary/aromatic N) is 1. The normalized spacial score (nSPS) is 9.71. The Morgan fingerprint density at radius 1 is 1.47 bits per heavy atom. The largest absolute Gasteiger partial charge is 0.493 e. The van der Waals surface area contributed by atoms with Gasteiger partial charge in [0.1, 0.15) is 5.75 Å². The van der Waals surface area contributed by atoms with Crippen molar-refractivity contribution in [2.75, 3.05) is 6.61 Å². The number of nitriles is 1. The molecule has 1 aromatic carbocycles. The van der Waals surface area contributed by atoms with Gasteiger partial charge in [-0.25, -0.2) is 0 Å². The second kappa shape index (κ2) is 7.08. The molecule has 0 amide bonds. The molecule has 0 unspecified atom stereocenters. The second-order valence-electron chi connectivity index (χ2n) is 3.69. The van der Waals surface area contributed by atoms with Gasteiger partial charge in [0.25, 0.3) is 0 Å². The highest BCUT2D eigenvalue weighted by Gasteiger charge is 2.09. The van der Waals surface area contributed by atoms with E-state index >= 15 is 0 Å². The Hall–Kier alpha value is -1.34. The molecule has 0 N–H and O–H groups in total. The minimum Gasteiger partial charge on any atom is -0.493 e. The molecule has 0 spiro atoms. The molecule has 0 aliphatic rings. The second-order valence-corrected chi connectivity index (χ2v) is 4.48. The smallest absolute Gasteiger partial charge is 0.154 e. The molecular weight excluding hydrogens is 282 g/mol. The third-order valence-electron chi connectivity index (χ3n) is 2.39. The molecule has 0 saturated carbocycles. The molecule has 0 saturated heterocycles. The molecule has 1 rings (SSSR count). The van der Waals surface area contributed by atoms with Gasteiger partial charge >= 0.3 is 0 Å². The molecule has 0 aliphatic heterocycles. The summed E-state index contributed by atoms with van der Waals surface area (Å²) in [7, 11) is 0. The summed E-state index contributed by atoms with van der Waals surface area (Å²) in [6, 6.07) is 5.79. The number of unbranched alkanes of at least 4 members (excludes halogenated alkanes) is 2. The minimum atomic E-state index is 0.526. The van der Waals surface area contributed by atoms with E-state index in [1.165, 1.54) is 0 Å². The predicted octanol–water partition coefficient (Wildman–Crippen LogP) is 3.64. The lowest BCUT2D eigenvalue weighted by Crippen LogP contribution is -2.01. The molecule has 3 nitrogen and oxygen atoms in total. The summed E-state index contributed by atoms with van der Waals surface area (Å²) in [6.45, 7) is 2.45. The first-order chi connectivity index (χ1) is 8.20. The van der Waals surface area contributed by atoms with Crippen molar-refractivity contribution in [2.24, 2.45) is 0 Å². The number of benzene rings is 1. The van der Waals surface area contributed by atoms with E-state index in [0.29, 0.717) is 24.3 Å². The van der Waals surface area contributed by atoms with Crippen molar-refractivity contribution >= 4 is 22.2 Å². The molecule has 4 heteroatoms. The zero-order valence-corrected chi connectivity index (χ0v) is 11.3. The van der Waals surface area contributed by atoms with Gasteiger partial charge in [-0.3, -0.25) is 4.79 Å². The topological polar surface area (TPSA) is 50.1 Å². The third kappa shape index (κ3) is 3.86. The summed E-state index contributed by atoms with van der Waals surface area (Å²) < 4.78 is 6.32. The number of halogens is 1. The quantitative estimate of drug-likeness (QED) is 0.595. The van der Waals surface area contributed by atoms with Crippen molar-refractivity contribution in [2.45, 2.75) is 26.2 Å². The maximum Gasteiger partial charge on any atom is 0.154 e. The number of hydrogen-bond acceptors (Lipinski definition) is 3. The highest BCUT2D eigenvalue weighted by atomic mass is 79.9. The summed E-state index contributed by atoms with van der Waals surface area (Å²) in [5.41, 5.74) is 1.55. The monoisotopic (exact) mass is 295 g/mol. The van der Waals surface area contributed by atoms with Crippen molar-refractivity contribution in [1.29, 1.82) is 5.26 Å². The lowest BCUT2D eigenvalue weighted by atomic mass is 10.1. The standard InChI is InChI=1S/C13H14BrNO2/c1-10-5-6-12(11(9-16)13(10)14)17-8-4-2-3-7-15/h5-6,9H,2-4,8H2,1H3. The number of carbonyl (C=O) groups excluding carboxylic acids is 1. The molecule has 0 atom stereocenters. The predicted molar refractivity (Wildman–Crippen MR) is 69.2 cm³/mol. The lowest BCUT2D eigenvalue weighted by molar-refractivity contribution is 0.111. The van der Waals surface area contributed by atoms with Crippen LogP contribution >= 0.6 is 15.9 Å². The van der Waals surface area contributed by atoms with Gasteiger partial charge in [-0.1, -0.05) is 6.07 Å². The van der Waals surface area contributed by atoms with Gasteiger partial charge in [-0.15, -0.1) is 0 Å². The average molecular weight is 296 g/mol. The molecule has 90 valence electrons. The lowest BCUT2D eigenvalue weighted by Gasteiger charge is -2.10. The van der Waals surface area contributed by atoms with E-state index in [-0.39, 0.29) is 0 Å². The highest BCUT2D eigenvalue weighted by Crippen LogP contribution is 2.28. The van der Waals surface area contributed by atoms with E-state index in [1.54, 1.807) is 6.07 Å². The molecule has 0 aromatic heterocycles. The van der Waals surface area contributed by atoms with Crippen LogP contribution in [-0.2, 0) is 0 Å². The van der Waals surface area contributed by atoms with Crippen LogP contribution in [0.1, 0.15) is 35.2 Å². The summed E-state index contributed by atoms with van der Waals surface area (Å²) in [4.78, 5) is 11.0. The van der Waals surface area contributed by atoms with Crippen LogP contribution in [0.15, 0.2) is 16.6 Å². The van der Waals surface area contributed by atoms with Crippen LogP contribution in [0.2, 0.25) is 0 Å². The van der Waals surface area contributed by atoms with Gasteiger partial charge in [0.2, 0.25) is 0 Å². The Bertz CT molecular complexity index is 438. The van der Waals surface area contributed by atoms with Crippen molar-refractivity contribution in [3.8, 4) is 11.8 Å². The third-order valence-corrected chi connectivity index (χ3v) is 3.44. The first-order valence-corrected chi connectivity index (χ1v) is 6.24. The van der Waals surface area contributed by atoms with Gasteiger partial charge in [0, 0.05) is 10.9 Å². The molecule has 17 heavy (non-hydrogen) atoms. The van der Waals surface area contributed by atoms with Crippen molar-refractivity contribution in [3.05, 3.63) is 27.7 Å². The Labute approximate surface area is 110 Å². The van der Waals surface area contributed by atoms with Crippen LogP contribution < -0.4 is 4.74 Å².